The Hall–Kier alpha value is -1.79. The second kappa shape index (κ2) is 8.00. The van der Waals surface area contributed by atoms with Gasteiger partial charge in [0.25, 0.3) is 0 Å². The predicted molar refractivity (Wildman–Crippen MR) is 82.9 cm³/mol. The lowest BCUT2D eigenvalue weighted by molar-refractivity contribution is -0.123. The minimum absolute atomic E-state index is 0.0241. The highest BCUT2D eigenvalue weighted by molar-refractivity contribution is 5.76. The number of likely N-dealkylation sites (tertiary alicyclic amines) is 1. The summed E-state index contributed by atoms with van der Waals surface area (Å²) in [5, 5.41) is 10.1. The molecule has 0 saturated carbocycles. The molecule has 1 fully saturated rings. The number of benzene rings is 1. The van der Waals surface area contributed by atoms with Crippen LogP contribution in [0.4, 0.5) is 0 Å². The number of β-amino-alcohol motifs (C(OH)–C–C–N with tert-alkyl or cyclic N) is 1. The molecule has 1 saturated heterocycles. The number of nitrogens with two attached hydrogens (primary N) is 1. The van der Waals surface area contributed by atoms with Gasteiger partial charge in [-0.2, -0.15) is 0 Å². The van der Waals surface area contributed by atoms with Crippen molar-refractivity contribution >= 4 is 5.91 Å². The molecule has 6 heteroatoms. The molecule has 0 radical (unpaired) electrons. The Labute approximate surface area is 130 Å². The second-order valence-corrected chi connectivity index (χ2v) is 5.62. The number of hydrogen-bond donors (Lipinski definition) is 2. The van der Waals surface area contributed by atoms with Crippen molar-refractivity contribution in [3.05, 3.63) is 24.3 Å². The summed E-state index contributed by atoms with van der Waals surface area (Å²) in [7, 11) is 1.61. The maximum Gasteiger partial charge on any atom is 0.220 e. The number of ether oxygens (including phenoxy) is 2. The van der Waals surface area contributed by atoms with Crippen LogP contribution in [-0.2, 0) is 4.79 Å². The van der Waals surface area contributed by atoms with Gasteiger partial charge in [-0.25, -0.2) is 0 Å². The summed E-state index contributed by atoms with van der Waals surface area (Å²) in [5.74, 6) is 1.23. The first-order valence-corrected chi connectivity index (χ1v) is 7.55. The molecule has 1 aromatic rings. The van der Waals surface area contributed by atoms with E-state index < -0.39 is 6.10 Å². The van der Waals surface area contributed by atoms with Crippen molar-refractivity contribution in [2.24, 2.45) is 11.7 Å². The molecule has 1 atom stereocenters. The number of rotatable bonds is 7. The minimum Gasteiger partial charge on any atom is -0.497 e. The van der Waals surface area contributed by atoms with Crippen molar-refractivity contribution < 1.29 is 19.4 Å². The molecule has 0 bridgehead atoms. The number of piperidine rings is 1. The molecule has 1 aliphatic heterocycles. The van der Waals surface area contributed by atoms with Crippen molar-refractivity contribution in [2.45, 2.75) is 18.9 Å². The summed E-state index contributed by atoms with van der Waals surface area (Å²) in [6.07, 6.45) is 0.968. The molecule has 1 amide bonds. The Morgan fingerprint density at radius 3 is 2.45 bits per heavy atom. The topological polar surface area (TPSA) is 85.0 Å². The quantitative estimate of drug-likeness (QED) is 0.772. The number of nitrogens with zero attached hydrogens (tertiary/aromatic N) is 1. The lowest BCUT2D eigenvalue weighted by Gasteiger charge is -2.31. The zero-order chi connectivity index (χ0) is 15.9. The summed E-state index contributed by atoms with van der Waals surface area (Å²) >= 11 is 0. The Balaban J connectivity index is 1.69. The van der Waals surface area contributed by atoms with Crippen LogP contribution in [0.25, 0.3) is 0 Å². The predicted octanol–water partition coefficient (Wildman–Crippen LogP) is 0.632. The van der Waals surface area contributed by atoms with Gasteiger partial charge in [-0.05, 0) is 50.2 Å². The van der Waals surface area contributed by atoms with Crippen LogP contribution in [0.5, 0.6) is 11.5 Å². The molecule has 6 nitrogen and oxygen atoms in total. The number of primary amides is 1. The van der Waals surface area contributed by atoms with Gasteiger partial charge >= 0.3 is 0 Å². The molecule has 1 aliphatic rings. The highest BCUT2D eigenvalue weighted by atomic mass is 16.5. The summed E-state index contributed by atoms with van der Waals surface area (Å²) in [5.41, 5.74) is 5.31. The summed E-state index contributed by atoms with van der Waals surface area (Å²) in [6, 6.07) is 7.25. The first-order chi connectivity index (χ1) is 10.6. The van der Waals surface area contributed by atoms with Gasteiger partial charge in [0.1, 0.15) is 24.2 Å². The number of aliphatic hydroxyl groups is 1. The molecule has 0 unspecified atom stereocenters. The number of carbonyl (C=O) groups excluding carboxylic acids is 1. The first kappa shape index (κ1) is 16.6. The van der Waals surface area contributed by atoms with Gasteiger partial charge < -0.3 is 25.2 Å². The van der Waals surface area contributed by atoms with Crippen molar-refractivity contribution in [1.29, 1.82) is 0 Å². The molecule has 1 aromatic carbocycles. The number of hydrogen-bond acceptors (Lipinski definition) is 5. The van der Waals surface area contributed by atoms with E-state index in [0.29, 0.717) is 12.3 Å². The van der Waals surface area contributed by atoms with Crippen LogP contribution < -0.4 is 15.2 Å². The van der Waals surface area contributed by atoms with Gasteiger partial charge in [0.2, 0.25) is 5.91 Å². The smallest absolute Gasteiger partial charge is 0.220 e. The van der Waals surface area contributed by atoms with Crippen molar-refractivity contribution in [3.8, 4) is 11.5 Å². The number of carbonyl (C=O) groups is 1. The molecule has 0 spiro atoms. The van der Waals surface area contributed by atoms with E-state index in [0.717, 1.165) is 31.7 Å². The maximum atomic E-state index is 11.1. The summed E-state index contributed by atoms with van der Waals surface area (Å²) < 4.78 is 10.6. The third kappa shape index (κ3) is 4.89. The molecule has 122 valence electrons. The van der Waals surface area contributed by atoms with Crippen molar-refractivity contribution in [1.82, 2.24) is 4.90 Å². The monoisotopic (exact) mass is 308 g/mol. The third-order valence-electron chi connectivity index (χ3n) is 3.96. The molecular weight excluding hydrogens is 284 g/mol. The maximum absolute atomic E-state index is 11.1. The highest BCUT2D eigenvalue weighted by Gasteiger charge is 2.24. The van der Waals surface area contributed by atoms with E-state index in [1.807, 2.05) is 24.3 Å². The summed E-state index contributed by atoms with van der Waals surface area (Å²) in [4.78, 5) is 13.3. The Morgan fingerprint density at radius 1 is 1.32 bits per heavy atom. The largest absolute Gasteiger partial charge is 0.497 e. The molecule has 2 rings (SSSR count). The SMILES string of the molecule is COc1ccc(OC[C@@H](O)CN2CCC(C(N)=O)CC2)cc1. The molecular formula is C16H24N2O4. The fourth-order valence-electron chi connectivity index (χ4n) is 2.62. The fraction of sp³-hybridized carbons (Fsp3) is 0.562. The van der Waals surface area contributed by atoms with Crippen LogP contribution >= 0.6 is 0 Å². The van der Waals surface area contributed by atoms with Crippen LogP contribution in [0, 0.1) is 5.92 Å². The van der Waals surface area contributed by atoms with Gasteiger partial charge in [-0.1, -0.05) is 0 Å². The standard InChI is InChI=1S/C16H24N2O4/c1-21-14-2-4-15(5-3-14)22-11-13(19)10-18-8-6-12(7-9-18)16(17)20/h2-5,12-13,19H,6-11H2,1H3,(H2,17,20)/t13-/m0/s1. The van der Waals surface area contributed by atoms with Crippen molar-refractivity contribution in [2.75, 3.05) is 33.4 Å². The Bertz CT molecular complexity index is 470. The van der Waals surface area contributed by atoms with Crippen LogP contribution in [0.3, 0.4) is 0 Å². The lowest BCUT2D eigenvalue weighted by atomic mass is 9.96. The highest BCUT2D eigenvalue weighted by Crippen LogP contribution is 2.18. The average Bonchev–Trinajstić information content (AvgIpc) is 2.54. The van der Waals surface area contributed by atoms with E-state index in [4.69, 9.17) is 15.2 Å². The van der Waals surface area contributed by atoms with Gasteiger partial charge in [-0.15, -0.1) is 0 Å². The van der Waals surface area contributed by atoms with E-state index in [1.54, 1.807) is 7.11 Å². The molecule has 1 heterocycles. The summed E-state index contributed by atoms with van der Waals surface area (Å²) in [6.45, 7) is 2.35. The van der Waals surface area contributed by atoms with E-state index >= 15 is 0 Å². The number of methoxy groups -OCH3 is 1. The van der Waals surface area contributed by atoms with Crippen molar-refractivity contribution in [3.63, 3.8) is 0 Å². The first-order valence-electron chi connectivity index (χ1n) is 7.55. The van der Waals surface area contributed by atoms with E-state index in [1.165, 1.54) is 0 Å². The fourth-order valence-corrected chi connectivity index (χ4v) is 2.62. The van der Waals surface area contributed by atoms with Gasteiger partial charge in [0.05, 0.1) is 7.11 Å². The average molecular weight is 308 g/mol. The second-order valence-electron chi connectivity index (χ2n) is 5.62. The number of aliphatic hydroxyl groups excluding tert-OH is 1. The number of amides is 1. The van der Waals surface area contributed by atoms with Gasteiger partial charge in [0.15, 0.2) is 0 Å². The van der Waals surface area contributed by atoms with Gasteiger partial charge in [0, 0.05) is 12.5 Å². The normalized spacial score (nSPS) is 17.9. The zero-order valence-corrected chi connectivity index (χ0v) is 12.9. The van der Waals surface area contributed by atoms with Crippen LogP contribution in [0.1, 0.15) is 12.8 Å². The zero-order valence-electron chi connectivity index (χ0n) is 12.9. The van der Waals surface area contributed by atoms with E-state index in [9.17, 15) is 9.90 Å². The van der Waals surface area contributed by atoms with Crippen LogP contribution in [0.15, 0.2) is 24.3 Å². The van der Waals surface area contributed by atoms with Crippen LogP contribution in [-0.4, -0.2) is 55.4 Å². The molecule has 22 heavy (non-hydrogen) atoms. The van der Waals surface area contributed by atoms with Crippen LogP contribution in [0.2, 0.25) is 0 Å². The molecule has 3 N–H and O–H groups in total. The third-order valence-corrected chi connectivity index (χ3v) is 3.96. The molecule has 0 aromatic heterocycles. The van der Waals surface area contributed by atoms with E-state index in [-0.39, 0.29) is 18.4 Å². The Kier molecular flexibility index (Phi) is 6.03. The molecule has 0 aliphatic carbocycles. The van der Waals surface area contributed by atoms with Gasteiger partial charge in [-0.3, -0.25) is 4.79 Å². The minimum atomic E-state index is -0.563. The Morgan fingerprint density at radius 2 is 1.91 bits per heavy atom. The lowest BCUT2D eigenvalue weighted by Crippen LogP contribution is -2.43. The van der Waals surface area contributed by atoms with E-state index in [2.05, 4.69) is 4.90 Å².